The first-order valence-electron chi connectivity index (χ1n) is 5.24. The maximum Gasteiger partial charge on any atom is 0.229 e. The minimum atomic E-state index is -0.0868. The standard InChI is InChI=1S/C12H12ClNO2/c13-10-4-1-3-9(7-10)8-14-11(15)5-2-6-12(14)16/h1,3-4,7H,2,5-6,8H2. The summed E-state index contributed by atoms with van der Waals surface area (Å²) >= 11 is 5.85. The Kier molecular flexibility index (Phi) is 3.25. The molecule has 0 radical (unpaired) electrons. The highest BCUT2D eigenvalue weighted by Crippen LogP contribution is 2.17. The quantitative estimate of drug-likeness (QED) is 0.741. The number of hydrogen-bond donors (Lipinski definition) is 0. The second-order valence-corrected chi connectivity index (χ2v) is 4.29. The average molecular weight is 238 g/mol. The summed E-state index contributed by atoms with van der Waals surface area (Å²) in [5.74, 6) is -0.174. The number of carbonyl (C=O) groups excluding carboxylic acids is 2. The van der Waals surface area contributed by atoms with E-state index < -0.39 is 0 Å². The lowest BCUT2D eigenvalue weighted by Crippen LogP contribution is -2.39. The van der Waals surface area contributed by atoms with E-state index in [0.717, 1.165) is 5.56 Å². The van der Waals surface area contributed by atoms with Gasteiger partial charge in [-0.05, 0) is 24.1 Å². The van der Waals surface area contributed by atoms with Crippen molar-refractivity contribution in [2.24, 2.45) is 0 Å². The molecule has 0 atom stereocenters. The van der Waals surface area contributed by atoms with Crippen LogP contribution in [0.2, 0.25) is 5.02 Å². The van der Waals surface area contributed by atoms with Gasteiger partial charge in [0.15, 0.2) is 0 Å². The van der Waals surface area contributed by atoms with Crippen molar-refractivity contribution in [3.63, 3.8) is 0 Å². The van der Waals surface area contributed by atoms with Crippen LogP contribution in [0.1, 0.15) is 24.8 Å². The van der Waals surface area contributed by atoms with Crippen molar-refractivity contribution in [1.82, 2.24) is 4.90 Å². The third kappa shape index (κ3) is 2.42. The van der Waals surface area contributed by atoms with Crippen LogP contribution in [0.3, 0.4) is 0 Å². The van der Waals surface area contributed by atoms with Crippen molar-refractivity contribution in [2.45, 2.75) is 25.8 Å². The van der Waals surface area contributed by atoms with Gasteiger partial charge < -0.3 is 0 Å². The molecule has 0 bridgehead atoms. The largest absolute Gasteiger partial charge is 0.278 e. The Morgan fingerprint density at radius 2 is 1.88 bits per heavy atom. The lowest BCUT2D eigenvalue weighted by atomic mass is 10.1. The SMILES string of the molecule is O=C1CCCC(=O)N1Cc1cccc(Cl)c1. The van der Waals surface area contributed by atoms with Gasteiger partial charge in [-0.25, -0.2) is 0 Å². The Labute approximate surface area is 99.0 Å². The first-order valence-corrected chi connectivity index (χ1v) is 5.62. The molecule has 0 N–H and O–H groups in total. The fourth-order valence-electron chi connectivity index (χ4n) is 1.79. The summed E-state index contributed by atoms with van der Waals surface area (Å²) in [4.78, 5) is 24.4. The molecule has 0 saturated carbocycles. The molecule has 1 aliphatic heterocycles. The molecule has 2 amide bonds. The molecule has 1 fully saturated rings. The van der Waals surface area contributed by atoms with Crippen LogP contribution in [0.15, 0.2) is 24.3 Å². The van der Waals surface area contributed by atoms with E-state index >= 15 is 0 Å². The van der Waals surface area contributed by atoms with Gasteiger partial charge in [-0.3, -0.25) is 14.5 Å². The predicted octanol–water partition coefficient (Wildman–Crippen LogP) is 2.38. The number of nitrogens with zero attached hydrogens (tertiary/aromatic N) is 1. The van der Waals surface area contributed by atoms with Crippen molar-refractivity contribution in [3.8, 4) is 0 Å². The molecule has 1 saturated heterocycles. The summed E-state index contributed by atoms with van der Waals surface area (Å²) < 4.78 is 0. The fraction of sp³-hybridized carbons (Fsp3) is 0.333. The van der Waals surface area contributed by atoms with E-state index in [2.05, 4.69) is 0 Å². The highest BCUT2D eigenvalue weighted by atomic mass is 35.5. The summed E-state index contributed by atoms with van der Waals surface area (Å²) in [6, 6.07) is 7.22. The van der Waals surface area contributed by atoms with Crippen molar-refractivity contribution in [3.05, 3.63) is 34.9 Å². The van der Waals surface area contributed by atoms with Gasteiger partial charge in [0.05, 0.1) is 6.54 Å². The second kappa shape index (κ2) is 4.66. The number of benzene rings is 1. The van der Waals surface area contributed by atoms with Gasteiger partial charge in [0.2, 0.25) is 11.8 Å². The molecular formula is C12H12ClNO2. The second-order valence-electron chi connectivity index (χ2n) is 3.86. The molecular weight excluding hydrogens is 226 g/mol. The molecule has 1 heterocycles. The van der Waals surface area contributed by atoms with Gasteiger partial charge in [-0.15, -0.1) is 0 Å². The summed E-state index contributed by atoms with van der Waals surface area (Å²) in [7, 11) is 0. The monoisotopic (exact) mass is 237 g/mol. The molecule has 4 heteroatoms. The number of imide groups is 1. The Balaban J connectivity index is 2.13. The molecule has 0 spiro atoms. The number of piperidine rings is 1. The number of likely N-dealkylation sites (tertiary alicyclic amines) is 1. The summed E-state index contributed by atoms with van der Waals surface area (Å²) in [6.07, 6.45) is 1.60. The first kappa shape index (κ1) is 11.1. The molecule has 2 rings (SSSR count). The minimum absolute atomic E-state index is 0.0868. The summed E-state index contributed by atoms with van der Waals surface area (Å²) in [5.41, 5.74) is 0.885. The Morgan fingerprint density at radius 3 is 2.50 bits per heavy atom. The molecule has 1 aliphatic rings. The highest BCUT2D eigenvalue weighted by Gasteiger charge is 2.25. The van der Waals surface area contributed by atoms with Crippen LogP contribution in [0.4, 0.5) is 0 Å². The zero-order chi connectivity index (χ0) is 11.5. The van der Waals surface area contributed by atoms with Gasteiger partial charge in [0, 0.05) is 17.9 Å². The molecule has 1 aromatic rings. The maximum absolute atomic E-state index is 11.6. The third-order valence-corrected chi connectivity index (χ3v) is 2.85. The number of halogens is 1. The minimum Gasteiger partial charge on any atom is -0.278 e. The number of amides is 2. The molecule has 0 unspecified atom stereocenters. The molecule has 0 aliphatic carbocycles. The molecule has 0 aromatic heterocycles. The van der Waals surface area contributed by atoms with Crippen LogP contribution in [-0.4, -0.2) is 16.7 Å². The van der Waals surface area contributed by atoms with Gasteiger partial charge in [0.1, 0.15) is 0 Å². The predicted molar refractivity (Wildman–Crippen MR) is 60.9 cm³/mol. The zero-order valence-corrected chi connectivity index (χ0v) is 9.54. The Hall–Kier alpha value is -1.35. The maximum atomic E-state index is 11.6. The van der Waals surface area contributed by atoms with Crippen LogP contribution in [0.5, 0.6) is 0 Å². The Morgan fingerprint density at radius 1 is 1.19 bits per heavy atom. The zero-order valence-electron chi connectivity index (χ0n) is 8.78. The smallest absolute Gasteiger partial charge is 0.229 e. The molecule has 84 valence electrons. The van der Waals surface area contributed by atoms with E-state index in [4.69, 9.17) is 11.6 Å². The number of hydrogen-bond acceptors (Lipinski definition) is 2. The van der Waals surface area contributed by atoms with Crippen LogP contribution >= 0.6 is 11.6 Å². The van der Waals surface area contributed by atoms with E-state index in [0.29, 0.717) is 30.8 Å². The van der Waals surface area contributed by atoms with Gasteiger partial charge in [-0.1, -0.05) is 23.7 Å². The topological polar surface area (TPSA) is 37.4 Å². The van der Waals surface area contributed by atoms with Crippen molar-refractivity contribution >= 4 is 23.4 Å². The van der Waals surface area contributed by atoms with Crippen molar-refractivity contribution < 1.29 is 9.59 Å². The van der Waals surface area contributed by atoms with Crippen molar-refractivity contribution in [1.29, 1.82) is 0 Å². The van der Waals surface area contributed by atoms with Crippen LogP contribution in [0.25, 0.3) is 0 Å². The first-order chi connectivity index (χ1) is 7.66. The highest BCUT2D eigenvalue weighted by molar-refractivity contribution is 6.30. The lowest BCUT2D eigenvalue weighted by Gasteiger charge is -2.24. The number of carbonyl (C=O) groups is 2. The fourth-order valence-corrected chi connectivity index (χ4v) is 2.01. The lowest BCUT2D eigenvalue weighted by molar-refractivity contribution is -0.148. The van der Waals surface area contributed by atoms with E-state index in [1.165, 1.54) is 4.90 Å². The normalized spacial score (nSPS) is 16.7. The van der Waals surface area contributed by atoms with Crippen LogP contribution < -0.4 is 0 Å². The van der Waals surface area contributed by atoms with Gasteiger partial charge in [-0.2, -0.15) is 0 Å². The van der Waals surface area contributed by atoms with Crippen molar-refractivity contribution in [2.75, 3.05) is 0 Å². The van der Waals surface area contributed by atoms with E-state index in [-0.39, 0.29) is 11.8 Å². The summed E-state index contributed by atoms with van der Waals surface area (Å²) in [5, 5.41) is 0.620. The molecule has 1 aromatic carbocycles. The molecule has 3 nitrogen and oxygen atoms in total. The third-order valence-electron chi connectivity index (χ3n) is 2.61. The van der Waals surface area contributed by atoms with E-state index in [1.54, 1.807) is 12.1 Å². The summed E-state index contributed by atoms with van der Waals surface area (Å²) in [6.45, 7) is 0.332. The van der Waals surface area contributed by atoms with Gasteiger partial charge >= 0.3 is 0 Å². The van der Waals surface area contributed by atoms with Crippen LogP contribution in [-0.2, 0) is 16.1 Å². The number of rotatable bonds is 2. The molecule has 16 heavy (non-hydrogen) atoms. The van der Waals surface area contributed by atoms with E-state index in [9.17, 15) is 9.59 Å². The van der Waals surface area contributed by atoms with Gasteiger partial charge in [0.25, 0.3) is 0 Å². The average Bonchev–Trinajstić information content (AvgIpc) is 2.24. The van der Waals surface area contributed by atoms with Crippen LogP contribution in [0, 0.1) is 0 Å². The Bertz CT molecular complexity index is 415. The van der Waals surface area contributed by atoms with E-state index in [1.807, 2.05) is 12.1 Å².